The molecule has 0 aromatic carbocycles. The third-order valence-corrected chi connectivity index (χ3v) is 2.51. The highest BCUT2D eigenvalue weighted by molar-refractivity contribution is 5.88. The Balaban J connectivity index is 1.51. The van der Waals surface area contributed by atoms with Gasteiger partial charge in [0.1, 0.15) is 12.4 Å². The number of pyridine rings is 1. The first kappa shape index (κ1) is 14.1. The van der Waals surface area contributed by atoms with E-state index in [-0.39, 0.29) is 6.03 Å². The van der Waals surface area contributed by atoms with Crippen LogP contribution in [-0.4, -0.2) is 24.2 Å². The Morgan fingerprint density at radius 2 is 2.15 bits per heavy atom. The van der Waals surface area contributed by atoms with Crippen molar-refractivity contribution < 1.29 is 13.9 Å². The lowest BCUT2D eigenvalue weighted by atomic mass is 10.4. The molecular weight excluding hydrogens is 258 g/mol. The number of ether oxygens (including phenoxy) is 1. The molecule has 2 rings (SSSR count). The third-order valence-electron chi connectivity index (χ3n) is 2.51. The first-order valence-electron chi connectivity index (χ1n) is 6.39. The molecule has 2 N–H and O–H groups in total. The fourth-order valence-corrected chi connectivity index (χ4v) is 1.55. The van der Waals surface area contributed by atoms with Crippen LogP contribution in [0, 0.1) is 0 Å². The molecule has 20 heavy (non-hydrogen) atoms. The maximum absolute atomic E-state index is 11.5. The van der Waals surface area contributed by atoms with Crippen LogP contribution in [0.25, 0.3) is 0 Å². The van der Waals surface area contributed by atoms with E-state index in [2.05, 4.69) is 15.6 Å². The standard InChI is InChI=1S/C14H17N3O3/c18-14(17-12-4-7-15-8-5-12)16-6-2-9-19-11-13-3-1-10-20-13/h1,3-5,7-8,10H,2,6,9,11H2,(H2,15,16,17,18). The molecule has 2 amide bonds. The number of urea groups is 1. The summed E-state index contributed by atoms with van der Waals surface area (Å²) in [5.74, 6) is 0.799. The predicted octanol–water partition coefficient (Wildman–Crippen LogP) is 2.40. The molecule has 0 spiro atoms. The molecule has 0 aliphatic carbocycles. The highest BCUT2D eigenvalue weighted by atomic mass is 16.5. The van der Waals surface area contributed by atoms with Gasteiger partial charge in [-0.05, 0) is 30.7 Å². The maximum Gasteiger partial charge on any atom is 0.319 e. The van der Waals surface area contributed by atoms with Crippen LogP contribution in [0.3, 0.4) is 0 Å². The number of nitrogens with one attached hydrogen (secondary N) is 2. The second-order valence-electron chi connectivity index (χ2n) is 4.10. The summed E-state index contributed by atoms with van der Waals surface area (Å²) >= 11 is 0. The molecule has 0 radical (unpaired) electrons. The van der Waals surface area contributed by atoms with Crippen LogP contribution in [0.15, 0.2) is 47.3 Å². The minimum absolute atomic E-state index is 0.234. The Hall–Kier alpha value is -2.34. The van der Waals surface area contributed by atoms with Gasteiger partial charge in [-0.2, -0.15) is 0 Å². The third kappa shape index (κ3) is 5.11. The minimum atomic E-state index is -0.234. The zero-order valence-electron chi connectivity index (χ0n) is 11.0. The molecule has 106 valence electrons. The molecule has 0 aliphatic heterocycles. The predicted molar refractivity (Wildman–Crippen MR) is 74.2 cm³/mol. The fraction of sp³-hybridized carbons (Fsp3) is 0.286. The molecule has 0 atom stereocenters. The summed E-state index contributed by atoms with van der Waals surface area (Å²) in [6.45, 7) is 1.57. The normalized spacial score (nSPS) is 10.2. The molecule has 0 unspecified atom stereocenters. The number of aromatic nitrogens is 1. The summed E-state index contributed by atoms with van der Waals surface area (Å²) in [6.07, 6.45) is 5.60. The van der Waals surface area contributed by atoms with Crippen LogP contribution in [0.5, 0.6) is 0 Å². The monoisotopic (exact) mass is 275 g/mol. The van der Waals surface area contributed by atoms with Gasteiger partial charge in [-0.1, -0.05) is 0 Å². The van der Waals surface area contributed by atoms with E-state index >= 15 is 0 Å². The SMILES string of the molecule is O=C(NCCCOCc1ccco1)Nc1ccncc1. The molecule has 0 saturated carbocycles. The van der Waals surface area contributed by atoms with Crippen molar-refractivity contribution in [3.05, 3.63) is 48.7 Å². The second kappa shape index (κ2) is 7.96. The van der Waals surface area contributed by atoms with Crippen molar-refractivity contribution in [2.45, 2.75) is 13.0 Å². The minimum Gasteiger partial charge on any atom is -0.467 e. The maximum atomic E-state index is 11.5. The number of nitrogens with zero attached hydrogens (tertiary/aromatic N) is 1. The number of anilines is 1. The van der Waals surface area contributed by atoms with E-state index in [0.717, 1.165) is 12.2 Å². The lowest BCUT2D eigenvalue weighted by Gasteiger charge is -2.07. The van der Waals surface area contributed by atoms with Crippen LogP contribution >= 0.6 is 0 Å². The van der Waals surface area contributed by atoms with Gasteiger partial charge in [0.15, 0.2) is 0 Å². The van der Waals surface area contributed by atoms with Crippen LogP contribution < -0.4 is 10.6 Å². The van der Waals surface area contributed by atoms with Gasteiger partial charge < -0.3 is 19.8 Å². The topological polar surface area (TPSA) is 76.4 Å². The van der Waals surface area contributed by atoms with Crippen LogP contribution in [-0.2, 0) is 11.3 Å². The van der Waals surface area contributed by atoms with E-state index in [1.165, 1.54) is 0 Å². The van der Waals surface area contributed by atoms with Gasteiger partial charge in [0.2, 0.25) is 0 Å². The number of furan rings is 1. The molecule has 6 heteroatoms. The first-order valence-corrected chi connectivity index (χ1v) is 6.39. The number of carbonyl (C=O) groups excluding carboxylic acids is 1. The smallest absolute Gasteiger partial charge is 0.319 e. The van der Waals surface area contributed by atoms with Gasteiger partial charge in [0.05, 0.1) is 6.26 Å². The Bertz CT molecular complexity index is 500. The zero-order valence-corrected chi connectivity index (χ0v) is 11.0. The van der Waals surface area contributed by atoms with E-state index in [4.69, 9.17) is 9.15 Å². The molecular formula is C14H17N3O3. The summed E-state index contributed by atoms with van der Waals surface area (Å²) < 4.78 is 10.5. The van der Waals surface area contributed by atoms with Crippen molar-refractivity contribution >= 4 is 11.7 Å². The molecule has 0 aliphatic rings. The van der Waals surface area contributed by atoms with E-state index in [1.807, 2.05) is 12.1 Å². The Morgan fingerprint density at radius 1 is 1.30 bits per heavy atom. The lowest BCUT2D eigenvalue weighted by molar-refractivity contribution is 0.104. The van der Waals surface area contributed by atoms with Crippen LogP contribution in [0.2, 0.25) is 0 Å². The van der Waals surface area contributed by atoms with Crippen molar-refractivity contribution in [1.82, 2.24) is 10.3 Å². The van der Waals surface area contributed by atoms with Gasteiger partial charge in [-0.15, -0.1) is 0 Å². The molecule has 2 aromatic rings. The summed E-state index contributed by atoms with van der Waals surface area (Å²) in [7, 11) is 0. The van der Waals surface area contributed by atoms with E-state index in [9.17, 15) is 4.79 Å². The van der Waals surface area contributed by atoms with Crippen molar-refractivity contribution in [1.29, 1.82) is 0 Å². The molecule has 0 saturated heterocycles. The van der Waals surface area contributed by atoms with Gasteiger partial charge in [0, 0.05) is 31.2 Å². The molecule has 6 nitrogen and oxygen atoms in total. The van der Waals surface area contributed by atoms with Crippen molar-refractivity contribution in [3.8, 4) is 0 Å². The van der Waals surface area contributed by atoms with Gasteiger partial charge in [-0.3, -0.25) is 4.98 Å². The highest BCUT2D eigenvalue weighted by Gasteiger charge is 2.00. The van der Waals surface area contributed by atoms with Crippen LogP contribution in [0.1, 0.15) is 12.2 Å². The Kier molecular flexibility index (Phi) is 5.60. The average molecular weight is 275 g/mol. The van der Waals surface area contributed by atoms with Crippen molar-refractivity contribution in [3.63, 3.8) is 0 Å². The summed E-state index contributed by atoms with van der Waals surface area (Å²) in [4.78, 5) is 15.4. The zero-order chi connectivity index (χ0) is 14.0. The van der Waals surface area contributed by atoms with Crippen molar-refractivity contribution in [2.75, 3.05) is 18.5 Å². The van der Waals surface area contributed by atoms with Gasteiger partial charge >= 0.3 is 6.03 Å². The second-order valence-corrected chi connectivity index (χ2v) is 4.10. The summed E-state index contributed by atoms with van der Waals surface area (Å²) in [6, 6.07) is 6.91. The lowest BCUT2D eigenvalue weighted by Crippen LogP contribution is -2.30. The first-order chi connectivity index (χ1) is 9.84. The molecule has 0 bridgehead atoms. The van der Waals surface area contributed by atoms with Gasteiger partial charge in [0.25, 0.3) is 0 Å². The molecule has 2 heterocycles. The number of hydrogen-bond donors (Lipinski definition) is 2. The largest absolute Gasteiger partial charge is 0.467 e. The van der Waals surface area contributed by atoms with Gasteiger partial charge in [-0.25, -0.2) is 4.79 Å². The number of carbonyl (C=O) groups is 1. The number of amides is 2. The van der Waals surface area contributed by atoms with E-state index in [0.29, 0.717) is 25.4 Å². The van der Waals surface area contributed by atoms with E-state index < -0.39 is 0 Å². The van der Waals surface area contributed by atoms with Crippen molar-refractivity contribution in [2.24, 2.45) is 0 Å². The number of hydrogen-bond acceptors (Lipinski definition) is 4. The summed E-state index contributed by atoms with van der Waals surface area (Å²) in [5.41, 5.74) is 0.714. The molecule has 0 fully saturated rings. The quantitative estimate of drug-likeness (QED) is 0.761. The van der Waals surface area contributed by atoms with E-state index in [1.54, 1.807) is 30.8 Å². The average Bonchev–Trinajstić information content (AvgIpc) is 2.97. The van der Waals surface area contributed by atoms with Crippen LogP contribution in [0.4, 0.5) is 10.5 Å². The fourth-order valence-electron chi connectivity index (χ4n) is 1.55. The number of rotatable bonds is 7. The highest BCUT2D eigenvalue weighted by Crippen LogP contribution is 2.03. The summed E-state index contributed by atoms with van der Waals surface area (Å²) in [5, 5.41) is 5.46. The Morgan fingerprint density at radius 3 is 2.90 bits per heavy atom. The molecule has 2 aromatic heterocycles. The Labute approximate surface area is 117 Å².